The number of hydrogen-bond acceptors (Lipinski definition) is 3. The lowest BCUT2D eigenvalue weighted by Gasteiger charge is -2.36. The zero-order valence-electron chi connectivity index (χ0n) is 14.3. The highest BCUT2D eigenvalue weighted by Crippen LogP contribution is 2.24. The van der Waals surface area contributed by atoms with E-state index in [1.807, 2.05) is 19.1 Å². The largest absolute Gasteiger partial charge is 0.341 e. The first-order chi connectivity index (χ1) is 10.7. The summed E-state index contributed by atoms with van der Waals surface area (Å²) in [6.45, 7) is 7.20. The fourth-order valence-electron chi connectivity index (χ4n) is 2.99. The number of likely N-dealkylation sites (tertiary alicyclic amines) is 1. The van der Waals surface area contributed by atoms with E-state index < -0.39 is 16.1 Å². The van der Waals surface area contributed by atoms with Gasteiger partial charge in [-0.05, 0) is 44.7 Å². The van der Waals surface area contributed by atoms with Gasteiger partial charge in [-0.25, -0.2) is 8.42 Å². The molecule has 1 aliphatic rings. The standard InChI is InChI=1S/C17H26N2O3S/c1-13-5-7-16(8-6-13)19(23(4,21)22)15(3)17(20)18-11-9-14(2)10-12-18/h5-8,14-15H,9-12H2,1-4H3/t15-/m1/s1. The van der Waals surface area contributed by atoms with E-state index in [4.69, 9.17) is 0 Å². The Labute approximate surface area is 139 Å². The quantitative estimate of drug-likeness (QED) is 0.847. The second-order valence-corrected chi connectivity index (χ2v) is 8.44. The molecular formula is C17H26N2O3S. The molecule has 1 heterocycles. The van der Waals surface area contributed by atoms with Gasteiger partial charge in [0.2, 0.25) is 15.9 Å². The average molecular weight is 338 g/mol. The number of rotatable bonds is 4. The summed E-state index contributed by atoms with van der Waals surface area (Å²) >= 11 is 0. The summed E-state index contributed by atoms with van der Waals surface area (Å²) in [7, 11) is -3.54. The zero-order valence-corrected chi connectivity index (χ0v) is 15.1. The van der Waals surface area contributed by atoms with Crippen LogP contribution >= 0.6 is 0 Å². The number of nitrogens with zero attached hydrogens (tertiary/aromatic N) is 2. The number of sulfonamides is 1. The van der Waals surface area contributed by atoms with Crippen molar-refractivity contribution >= 4 is 21.6 Å². The molecule has 1 aromatic carbocycles. The van der Waals surface area contributed by atoms with E-state index in [0.717, 1.165) is 24.7 Å². The maximum Gasteiger partial charge on any atom is 0.246 e. The number of piperidine rings is 1. The minimum Gasteiger partial charge on any atom is -0.341 e. The van der Waals surface area contributed by atoms with E-state index in [1.165, 1.54) is 4.31 Å². The van der Waals surface area contributed by atoms with Gasteiger partial charge in [0.25, 0.3) is 0 Å². The van der Waals surface area contributed by atoms with Crippen LogP contribution in [0.15, 0.2) is 24.3 Å². The Morgan fingerprint density at radius 2 is 1.74 bits per heavy atom. The van der Waals surface area contributed by atoms with Crippen molar-refractivity contribution in [3.05, 3.63) is 29.8 Å². The van der Waals surface area contributed by atoms with Crippen LogP contribution in [0.5, 0.6) is 0 Å². The Morgan fingerprint density at radius 1 is 1.22 bits per heavy atom. The van der Waals surface area contributed by atoms with Gasteiger partial charge in [0.1, 0.15) is 6.04 Å². The Kier molecular flexibility index (Phi) is 5.34. The first kappa shape index (κ1) is 17.8. The lowest BCUT2D eigenvalue weighted by Crippen LogP contribution is -2.51. The van der Waals surface area contributed by atoms with Gasteiger partial charge in [0.05, 0.1) is 11.9 Å². The van der Waals surface area contributed by atoms with Gasteiger partial charge in [-0.15, -0.1) is 0 Å². The Morgan fingerprint density at radius 3 is 2.22 bits per heavy atom. The smallest absolute Gasteiger partial charge is 0.246 e. The minimum atomic E-state index is -3.54. The molecule has 6 heteroatoms. The number of carbonyl (C=O) groups is 1. The van der Waals surface area contributed by atoms with Gasteiger partial charge in [0, 0.05) is 13.1 Å². The van der Waals surface area contributed by atoms with Crippen LogP contribution in [-0.2, 0) is 14.8 Å². The number of hydrogen-bond donors (Lipinski definition) is 0. The predicted molar refractivity (Wildman–Crippen MR) is 92.9 cm³/mol. The highest BCUT2D eigenvalue weighted by Gasteiger charge is 2.33. The second kappa shape index (κ2) is 6.91. The van der Waals surface area contributed by atoms with Crippen molar-refractivity contribution < 1.29 is 13.2 Å². The summed E-state index contributed by atoms with van der Waals surface area (Å²) in [5, 5.41) is 0. The highest BCUT2D eigenvalue weighted by atomic mass is 32.2. The van der Waals surface area contributed by atoms with Crippen molar-refractivity contribution in [2.45, 2.75) is 39.7 Å². The second-order valence-electron chi connectivity index (χ2n) is 6.58. The molecule has 1 saturated heterocycles. The molecule has 1 amide bonds. The Balaban J connectivity index is 2.25. The molecule has 5 nitrogen and oxygen atoms in total. The molecule has 2 rings (SSSR count). The Bertz CT molecular complexity index is 647. The molecule has 0 aromatic heterocycles. The summed E-state index contributed by atoms with van der Waals surface area (Å²) in [5.41, 5.74) is 1.58. The highest BCUT2D eigenvalue weighted by molar-refractivity contribution is 7.92. The molecular weight excluding hydrogens is 312 g/mol. The molecule has 23 heavy (non-hydrogen) atoms. The molecule has 0 bridgehead atoms. The lowest BCUT2D eigenvalue weighted by atomic mass is 9.99. The number of aryl methyl sites for hydroxylation is 1. The molecule has 1 aromatic rings. The molecule has 0 unspecified atom stereocenters. The van der Waals surface area contributed by atoms with Crippen molar-refractivity contribution in [3.8, 4) is 0 Å². The minimum absolute atomic E-state index is 0.122. The van der Waals surface area contributed by atoms with Crippen LogP contribution < -0.4 is 4.31 Å². The summed E-state index contributed by atoms with van der Waals surface area (Å²) in [6.07, 6.45) is 3.10. The summed E-state index contributed by atoms with van der Waals surface area (Å²) in [5.74, 6) is 0.500. The van der Waals surface area contributed by atoms with Crippen molar-refractivity contribution in [2.24, 2.45) is 5.92 Å². The molecule has 0 N–H and O–H groups in total. The maximum atomic E-state index is 12.8. The fourth-order valence-corrected chi connectivity index (χ4v) is 4.16. The fraction of sp³-hybridized carbons (Fsp3) is 0.588. The van der Waals surface area contributed by atoms with Crippen LogP contribution in [0.1, 0.15) is 32.3 Å². The topological polar surface area (TPSA) is 57.7 Å². The number of anilines is 1. The Hall–Kier alpha value is -1.56. The van der Waals surface area contributed by atoms with E-state index in [-0.39, 0.29) is 5.91 Å². The van der Waals surface area contributed by atoms with E-state index in [9.17, 15) is 13.2 Å². The van der Waals surface area contributed by atoms with Crippen molar-refractivity contribution in [1.82, 2.24) is 4.90 Å². The summed E-state index contributed by atoms with van der Waals surface area (Å²) < 4.78 is 25.7. The van der Waals surface area contributed by atoms with Crippen LogP contribution in [0.3, 0.4) is 0 Å². The summed E-state index contributed by atoms with van der Waals surface area (Å²) in [4.78, 5) is 14.5. The lowest BCUT2D eigenvalue weighted by molar-refractivity contribution is -0.133. The monoisotopic (exact) mass is 338 g/mol. The maximum absolute atomic E-state index is 12.8. The zero-order chi connectivity index (χ0) is 17.2. The predicted octanol–water partition coefficient (Wildman–Crippen LogP) is 2.41. The third-order valence-corrected chi connectivity index (χ3v) is 5.69. The number of carbonyl (C=O) groups excluding carboxylic acids is 1. The van der Waals surface area contributed by atoms with Crippen LogP contribution in [0, 0.1) is 12.8 Å². The number of amides is 1. The van der Waals surface area contributed by atoms with E-state index in [2.05, 4.69) is 6.92 Å². The van der Waals surface area contributed by atoms with Crippen LogP contribution in [-0.4, -0.2) is 44.6 Å². The van der Waals surface area contributed by atoms with Gasteiger partial charge in [-0.1, -0.05) is 24.6 Å². The summed E-state index contributed by atoms with van der Waals surface area (Å²) in [6, 6.07) is 6.47. The van der Waals surface area contributed by atoms with Crippen LogP contribution in [0.2, 0.25) is 0 Å². The molecule has 0 radical (unpaired) electrons. The van der Waals surface area contributed by atoms with Gasteiger partial charge < -0.3 is 4.90 Å². The molecule has 128 valence electrons. The average Bonchev–Trinajstić information content (AvgIpc) is 2.48. The van der Waals surface area contributed by atoms with Gasteiger partial charge in [-0.2, -0.15) is 0 Å². The molecule has 0 aliphatic carbocycles. The normalized spacial score (nSPS) is 17.8. The van der Waals surface area contributed by atoms with Crippen molar-refractivity contribution in [1.29, 1.82) is 0 Å². The van der Waals surface area contributed by atoms with Crippen LogP contribution in [0.4, 0.5) is 5.69 Å². The van der Waals surface area contributed by atoms with Crippen molar-refractivity contribution in [2.75, 3.05) is 23.7 Å². The van der Waals surface area contributed by atoms with E-state index in [1.54, 1.807) is 24.0 Å². The third-order valence-electron chi connectivity index (χ3n) is 4.45. The van der Waals surface area contributed by atoms with Gasteiger partial charge >= 0.3 is 0 Å². The van der Waals surface area contributed by atoms with Gasteiger partial charge in [-0.3, -0.25) is 9.10 Å². The first-order valence-corrected chi connectivity index (χ1v) is 9.90. The van der Waals surface area contributed by atoms with Gasteiger partial charge in [0.15, 0.2) is 0 Å². The molecule has 0 saturated carbocycles. The third kappa shape index (κ3) is 4.25. The SMILES string of the molecule is Cc1ccc(N([C@H](C)C(=O)N2CCC(C)CC2)S(C)(=O)=O)cc1. The van der Waals surface area contributed by atoms with E-state index >= 15 is 0 Å². The molecule has 0 spiro atoms. The van der Waals surface area contributed by atoms with E-state index in [0.29, 0.717) is 24.7 Å². The molecule has 1 fully saturated rings. The first-order valence-electron chi connectivity index (χ1n) is 8.05. The number of benzene rings is 1. The molecule has 1 atom stereocenters. The van der Waals surface area contributed by atoms with Crippen molar-refractivity contribution in [3.63, 3.8) is 0 Å². The molecule has 1 aliphatic heterocycles. The van der Waals surface area contributed by atoms with Crippen LogP contribution in [0.25, 0.3) is 0 Å².